The lowest BCUT2D eigenvalue weighted by atomic mass is 10.0. The molecule has 0 N–H and O–H groups in total. The van der Waals surface area contributed by atoms with Crippen LogP contribution in [0.25, 0.3) is 44.9 Å². The van der Waals surface area contributed by atoms with E-state index in [9.17, 15) is 8.60 Å². The van der Waals surface area contributed by atoms with Gasteiger partial charge in [-0.2, -0.15) is 5.10 Å². The molecule has 0 bridgehead atoms. The Morgan fingerprint density at radius 2 is 1.91 bits per heavy atom. The highest BCUT2D eigenvalue weighted by Gasteiger charge is 2.30. The number of hydrogen-bond donors (Lipinski definition) is 0. The van der Waals surface area contributed by atoms with Crippen LogP contribution in [-0.4, -0.2) is 40.4 Å². The zero-order valence-electron chi connectivity index (χ0n) is 16.7. The number of aromatic nitrogens is 5. The molecule has 1 fully saturated rings. The quantitative estimate of drug-likeness (QED) is 0.411. The summed E-state index contributed by atoms with van der Waals surface area (Å²) < 4.78 is 33.0. The standard InChI is InChI=1S/C23H16FN5O2S/c24-16-5-3-14(4-6-16)21-19(10-29(28-21)17-11-32(30)12-17)22-18-8-20(15-2-1-7-25-9-15)31-23(18)27-13-26-22/h1-10,13,17H,11-12H2. The molecule has 1 saturated heterocycles. The lowest BCUT2D eigenvalue weighted by Crippen LogP contribution is -2.33. The fourth-order valence-electron chi connectivity index (χ4n) is 3.83. The molecule has 6 rings (SSSR count). The highest BCUT2D eigenvalue weighted by molar-refractivity contribution is 7.86. The van der Waals surface area contributed by atoms with Gasteiger partial charge >= 0.3 is 0 Å². The third kappa shape index (κ3) is 3.21. The number of benzene rings is 1. The van der Waals surface area contributed by atoms with E-state index < -0.39 is 10.8 Å². The summed E-state index contributed by atoms with van der Waals surface area (Å²) in [4.78, 5) is 13.0. The summed E-state index contributed by atoms with van der Waals surface area (Å²) in [5.41, 5.74) is 4.18. The monoisotopic (exact) mass is 445 g/mol. The van der Waals surface area contributed by atoms with Crippen LogP contribution >= 0.6 is 0 Å². The predicted molar refractivity (Wildman–Crippen MR) is 119 cm³/mol. The van der Waals surface area contributed by atoms with Crippen molar-refractivity contribution in [2.75, 3.05) is 11.5 Å². The fraction of sp³-hybridized carbons (Fsp3) is 0.130. The molecule has 1 aromatic carbocycles. The van der Waals surface area contributed by atoms with Crippen molar-refractivity contribution in [2.24, 2.45) is 0 Å². The topological polar surface area (TPSA) is 86.7 Å². The van der Waals surface area contributed by atoms with Crippen molar-refractivity contribution >= 4 is 21.9 Å². The second-order valence-electron chi connectivity index (χ2n) is 7.60. The smallest absolute Gasteiger partial charge is 0.230 e. The number of hydrogen-bond acceptors (Lipinski definition) is 6. The van der Waals surface area contributed by atoms with E-state index in [0.29, 0.717) is 34.4 Å². The highest BCUT2D eigenvalue weighted by Crippen LogP contribution is 2.37. The zero-order valence-corrected chi connectivity index (χ0v) is 17.5. The molecule has 5 heterocycles. The summed E-state index contributed by atoms with van der Waals surface area (Å²) in [6.45, 7) is 0. The Labute approximate surface area is 184 Å². The Morgan fingerprint density at radius 1 is 1.06 bits per heavy atom. The van der Waals surface area contributed by atoms with Crippen molar-refractivity contribution in [3.63, 3.8) is 0 Å². The summed E-state index contributed by atoms with van der Waals surface area (Å²) in [6.07, 6.45) is 6.80. The van der Waals surface area contributed by atoms with Crippen LogP contribution in [0.4, 0.5) is 4.39 Å². The molecule has 1 aliphatic rings. The van der Waals surface area contributed by atoms with E-state index in [1.165, 1.54) is 18.5 Å². The Hall–Kier alpha value is -3.72. The second kappa shape index (κ2) is 7.45. The van der Waals surface area contributed by atoms with Gasteiger partial charge in [0, 0.05) is 57.6 Å². The molecule has 0 radical (unpaired) electrons. The first kappa shape index (κ1) is 19.0. The van der Waals surface area contributed by atoms with E-state index in [4.69, 9.17) is 9.52 Å². The molecule has 0 atom stereocenters. The summed E-state index contributed by atoms with van der Waals surface area (Å²) in [5.74, 6) is 1.46. The minimum absolute atomic E-state index is 0.0661. The van der Waals surface area contributed by atoms with Gasteiger partial charge in [-0.15, -0.1) is 0 Å². The first-order valence-electron chi connectivity index (χ1n) is 10.0. The summed E-state index contributed by atoms with van der Waals surface area (Å²) in [6, 6.07) is 11.9. The van der Waals surface area contributed by atoms with E-state index >= 15 is 0 Å². The van der Waals surface area contributed by atoms with Crippen LogP contribution in [-0.2, 0) is 10.8 Å². The van der Waals surface area contributed by atoms with Gasteiger partial charge in [0.25, 0.3) is 0 Å². The molecule has 4 aromatic heterocycles. The molecule has 0 amide bonds. The van der Waals surface area contributed by atoms with Crippen LogP contribution in [0.15, 0.2) is 71.8 Å². The van der Waals surface area contributed by atoms with Gasteiger partial charge in [0.05, 0.1) is 17.1 Å². The molecular formula is C23H16FN5O2S. The Kier molecular flexibility index (Phi) is 4.43. The van der Waals surface area contributed by atoms with Gasteiger partial charge in [0.2, 0.25) is 5.71 Å². The zero-order chi connectivity index (χ0) is 21.7. The number of rotatable bonds is 4. The Morgan fingerprint density at radius 3 is 2.66 bits per heavy atom. The van der Waals surface area contributed by atoms with Gasteiger partial charge in [-0.3, -0.25) is 13.9 Å². The highest BCUT2D eigenvalue weighted by atomic mass is 32.2. The van der Waals surface area contributed by atoms with Crippen molar-refractivity contribution in [2.45, 2.75) is 6.04 Å². The maximum Gasteiger partial charge on any atom is 0.230 e. The van der Waals surface area contributed by atoms with E-state index in [1.807, 2.05) is 29.1 Å². The van der Waals surface area contributed by atoms with Crippen molar-refractivity contribution in [3.8, 4) is 33.8 Å². The normalized spacial score (nSPS) is 18.0. The number of nitrogens with zero attached hydrogens (tertiary/aromatic N) is 5. The minimum atomic E-state index is -0.809. The van der Waals surface area contributed by atoms with Crippen LogP contribution in [0.2, 0.25) is 0 Å². The number of pyridine rings is 1. The van der Waals surface area contributed by atoms with Gasteiger partial charge in [-0.1, -0.05) is 0 Å². The summed E-state index contributed by atoms with van der Waals surface area (Å²) in [7, 11) is -0.809. The number of fused-ring (bicyclic) bond motifs is 1. The largest absolute Gasteiger partial charge is 0.438 e. The number of furan rings is 1. The lowest BCUT2D eigenvalue weighted by molar-refractivity contribution is 0.507. The molecule has 0 spiro atoms. The first-order chi connectivity index (χ1) is 15.7. The van der Waals surface area contributed by atoms with Crippen LogP contribution in [0.1, 0.15) is 6.04 Å². The third-order valence-electron chi connectivity index (χ3n) is 5.51. The van der Waals surface area contributed by atoms with Crippen LogP contribution in [0.5, 0.6) is 0 Å². The first-order valence-corrected chi connectivity index (χ1v) is 11.5. The van der Waals surface area contributed by atoms with Gasteiger partial charge in [0.1, 0.15) is 23.6 Å². The van der Waals surface area contributed by atoms with Gasteiger partial charge in [-0.25, -0.2) is 14.4 Å². The van der Waals surface area contributed by atoms with E-state index in [0.717, 1.165) is 22.1 Å². The molecule has 32 heavy (non-hydrogen) atoms. The molecule has 158 valence electrons. The van der Waals surface area contributed by atoms with Gasteiger partial charge < -0.3 is 4.42 Å². The summed E-state index contributed by atoms with van der Waals surface area (Å²) >= 11 is 0. The molecule has 7 nitrogen and oxygen atoms in total. The molecular weight excluding hydrogens is 429 g/mol. The van der Waals surface area contributed by atoms with Crippen molar-refractivity contribution in [3.05, 3.63) is 73.2 Å². The second-order valence-corrected chi connectivity index (χ2v) is 9.15. The Balaban J connectivity index is 1.53. The third-order valence-corrected chi connectivity index (χ3v) is 7.02. The molecule has 9 heteroatoms. The average molecular weight is 445 g/mol. The number of halogens is 1. The lowest BCUT2D eigenvalue weighted by Gasteiger charge is -2.24. The SMILES string of the molecule is O=S1CC(n2cc(-c3ncnc4oc(-c5cccnc5)cc34)c(-c3ccc(F)cc3)n2)C1. The molecule has 0 saturated carbocycles. The van der Waals surface area contributed by atoms with Gasteiger partial charge in [-0.05, 0) is 42.5 Å². The molecule has 0 unspecified atom stereocenters. The maximum atomic E-state index is 13.5. The molecule has 5 aromatic rings. The van der Waals surface area contributed by atoms with Crippen molar-refractivity contribution < 1.29 is 13.0 Å². The predicted octanol–water partition coefficient (Wildman–Crippen LogP) is 4.26. The minimum Gasteiger partial charge on any atom is -0.438 e. The molecule has 1 aliphatic heterocycles. The van der Waals surface area contributed by atoms with Crippen molar-refractivity contribution in [1.82, 2.24) is 24.7 Å². The van der Waals surface area contributed by atoms with Gasteiger partial charge in [0.15, 0.2) is 0 Å². The van der Waals surface area contributed by atoms with E-state index in [2.05, 4.69) is 15.0 Å². The Bertz CT molecular complexity index is 1460. The van der Waals surface area contributed by atoms with Crippen LogP contribution < -0.4 is 0 Å². The van der Waals surface area contributed by atoms with Crippen LogP contribution in [0.3, 0.4) is 0 Å². The van der Waals surface area contributed by atoms with Crippen molar-refractivity contribution in [1.29, 1.82) is 0 Å². The van der Waals surface area contributed by atoms with E-state index in [-0.39, 0.29) is 11.9 Å². The fourth-order valence-corrected chi connectivity index (χ4v) is 4.89. The molecule has 0 aliphatic carbocycles. The summed E-state index contributed by atoms with van der Waals surface area (Å²) in [5, 5.41) is 5.52. The maximum absolute atomic E-state index is 13.5. The average Bonchev–Trinajstić information content (AvgIpc) is 3.43. The van der Waals surface area contributed by atoms with Crippen LogP contribution in [0, 0.1) is 5.82 Å². The van der Waals surface area contributed by atoms with E-state index in [1.54, 1.807) is 24.5 Å².